The lowest BCUT2D eigenvalue weighted by molar-refractivity contribution is 1.03. The van der Waals surface area contributed by atoms with E-state index >= 15 is 0 Å². The summed E-state index contributed by atoms with van der Waals surface area (Å²) < 4.78 is 0. The molecule has 0 unspecified atom stereocenters. The quantitative estimate of drug-likeness (QED) is 0.214. The molecular formula is C5H12ClN7S. The molecule has 0 aliphatic rings. The van der Waals surface area contributed by atoms with Gasteiger partial charge in [-0.25, -0.2) is 0 Å². The Balaban J connectivity index is 0. The number of nitrogens with zero attached hydrogens (tertiary/aromatic N) is 3. The summed E-state index contributed by atoms with van der Waals surface area (Å²) in [5.74, 6) is -0.119. The third-order valence-corrected chi connectivity index (χ3v) is 0.852. The van der Waals surface area contributed by atoms with E-state index in [0.717, 1.165) is 0 Å². The maximum Gasteiger partial charge on any atom is 0.211 e. The molecule has 0 fully saturated rings. The summed E-state index contributed by atoms with van der Waals surface area (Å²) in [7, 11) is 0. The summed E-state index contributed by atoms with van der Waals surface area (Å²) >= 11 is 4.52. The van der Waals surface area contributed by atoms with E-state index in [1.54, 1.807) is 6.92 Å². The van der Waals surface area contributed by atoms with Crippen molar-refractivity contribution in [3.8, 4) is 0 Å². The van der Waals surface area contributed by atoms with Gasteiger partial charge in [-0.1, -0.05) is 0 Å². The maximum absolute atomic E-state index is 5.12. The summed E-state index contributed by atoms with van der Waals surface area (Å²) in [6, 6.07) is 0. The molecule has 0 amide bonds. The highest BCUT2D eigenvalue weighted by atomic mass is 35.5. The molecule has 0 rings (SSSR count). The van der Waals surface area contributed by atoms with Crippen LogP contribution in [-0.4, -0.2) is 23.0 Å². The van der Waals surface area contributed by atoms with Crippen LogP contribution < -0.4 is 22.6 Å². The molecule has 0 aliphatic carbocycles. The van der Waals surface area contributed by atoms with E-state index in [9.17, 15) is 0 Å². The molecule has 0 spiro atoms. The third-order valence-electron chi connectivity index (χ3n) is 0.760. The second-order valence-corrected chi connectivity index (χ2v) is 2.44. The van der Waals surface area contributed by atoms with Gasteiger partial charge in [0, 0.05) is 0 Å². The second kappa shape index (κ2) is 8.20. The van der Waals surface area contributed by atoms with Crippen LogP contribution in [-0.2, 0) is 0 Å². The van der Waals surface area contributed by atoms with E-state index in [0.29, 0.717) is 5.71 Å². The fourth-order valence-corrected chi connectivity index (χ4v) is 0.397. The van der Waals surface area contributed by atoms with Gasteiger partial charge in [0.25, 0.3) is 0 Å². The lowest BCUT2D eigenvalue weighted by atomic mass is 10.5. The van der Waals surface area contributed by atoms with Crippen LogP contribution in [0.1, 0.15) is 6.92 Å². The number of nitrogens with one attached hydrogen (secondary N) is 1. The van der Waals surface area contributed by atoms with Crippen molar-refractivity contribution >= 4 is 47.6 Å². The monoisotopic (exact) mass is 237 g/mol. The van der Waals surface area contributed by atoms with Crippen LogP contribution in [0.4, 0.5) is 0 Å². The highest BCUT2D eigenvalue weighted by molar-refractivity contribution is 7.80. The molecule has 0 aromatic heterocycles. The van der Waals surface area contributed by atoms with Crippen molar-refractivity contribution in [2.45, 2.75) is 6.92 Å². The molecule has 0 saturated heterocycles. The smallest absolute Gasteiger partial charge is 0.211 e. The highest BCUT2D eigenvalue weighted by Crippen LogP contribution is 1.73. The van der Waals surface area contributed by atoms with Crippen molar-refractivity contribution in [1.82, 2.24) is 5.43 Å². The predicted octanol–water partition coefficient (Wildman–Crippen LogP) is -1.12. The van der Waals surface area contributed by atoms with E-state index in [-0.39, 0.29) is 23.5 Å². The van der Waals surface area contributed by atoms with Crippen LogP contribution in [0.2, 0.25) is 0 Å². The first-order valence-corrected chi connectivity index (χ1v) is 3.65. The molecule has 0 aliphatic heterocycles. The zero-order valence-electron chi connectivity index (χ0n) is 7.47. The Hall–Kier alpha value is -1.41. The second-order valence-electron chi connectivity index (χ2n) is 2.00. The molecule has 0 radical (unpaired) electrons. The standard InChI is InChI=1S/C5H11N7S.ClH/c1-3(10-12-5(8)13)2-9-11-4(6)7;/h2H,1H3,(H4,6,7,11)(H3,8,12,13);1H. The van der Waals surface area contributed by atoms with Crippen molar-refractivity contribution in [3.63, 3.8) is 0 Å². The average Bonchev–Trinajstić information content (AvgIpc) is 2.00. The fraction of sp³-hybridized carbons (Fsp3) is 0.200. The van der Waals surface area contributed by atoms with Crippen LogP contribution >= 0.6 is 24.6 Å². The molecular weight excluding hydrogens is 226 g/mol. The van der Waals surface area contributed by atoms with Crippen LogP contribution in [0, 0.1) is 0 Å². The van der Waals surface area contributed by atoms with E-state index in [4.69, 9.17) is 17.2 Å². The SMILES string of the molecule is CC(C=NN=C(N)N)=NNC(N)=S.Cl. The Bertz CT molecular complexity index is 267. The van der Waals surface area contributed by atoms with Gasteiger partial charge in [0.2, 0.25) is 5.96 Å². The largest absolute Gasteiger partial charge is 0.375 e. The number of nitrogens with two attached hydrogens (primary N) is 3. The number of hydrogen-bond acceptors (Lipinski definition) is 4. The van der Waals surface area contributed by atoms with Gasteiger partial charge in [0.15, 0.2) is 5.11 Å². The van der Waals surface area contributed by atoms with Gasteiger partial charge in [-0.2, -0.15) is 10.2 Å². The lowest BCUT2D eigenvalue weighted by Gasteiger charge is -1.94. The van der Waals surface area contributed by atoms with Crippen LogP contribution in [0.5, 0.6) is 0 Å². The molecule has 80 valence electrons. The minimum absolute atomic E-state index is 0. The number of halogens is 1. The van der Waals surface area contributed by atoms with E-state index < -0.39 is 0 Å². The molecule has 7 N–H and O–H groups in total. The molecule has 0 heterocycles. The van der Waals surface area contributed by atoms with Gasteiger partial charge in [-0.05, 0) is 19.1 Å². The van der Waals surface area contributed by atoms with Crippen molar-refractivity contribution in [2.24, 2.45) is 32.5 Å². The Morgan fingerprint density at radius 3 is 2.36 bits per heavy atom. The highest BCUT2D eigenvalue weighted by Gasteiger charge is 1.85. The van der Waals surface area contributed by atoms with Gasteiger partial charge in [-0.3, -0.25) is 5.43 Å². The van der Waals surface area contributed by atoms with Crippen LogP contribution in [0.25, 0.3) is 0 Å². The predicted molar refractivity (Wildman–Crippen MR) is 64.6 cm³/mol. The van der Waals surface area contributed by atoms with Crippen molar-refractivity contribution < 1.29 is 0 Å². The zero-order chi connectivity index (χ0) is 10.3. The van der Waals surface area contributed by atoms with Crippen molar-refractivity contribution in [1.29, 1.82) is 0 Å². The molecule has 0 aromatic rings. The van der Waals surface area contributed by atoms with E-state index in [2.05, 4.69) is 32.9 Å². The Morgan fingerprint density at radius 1 is 1.36 bits per heavy atom. The molecule has 7 nitrogen and oxygen atoms in total. The first-order chi connectivity index (χ1) is 6.02. The Kier molecular flexibility index (Phi) is 8.83. The van der Waals surface area contributed by atoms with Gasteiger partial charge in [0.05, 0.1) is 11.9 Å². The topological polar surface area (TPSA) is 127 Å². The molecule has 9 heteroatoms. The molecule has 0 saturated carbocycles. The number of guanidine groups is 1. The van der Waals surface area contributed by atoms with Gasteiger partial charge < -0.3 is 17.2 Å². The van der Waals surface area contributed by atoms with Gasteiger partial charge >= 0.3 is 0 Å². The van der Waals surface area contributed by atoms with Gasteiger partial charge in [-0.15, -0.1) is 17.5 Å². The molecule has 0 aromatic carbocycles. The van der Waals surface area contributed by atoms with Crippen LogP contribution in [0.3, 0.4) is 0 Å². The minimum Gasteiger partial charge on any atom is -0.375 e. The zero-order valence-corrected chi connectivity index (χ0v) is 9.10. The fourth-order valence-electron chi connectivity index (χ4n) is 0.351. The molecule has 0 bridgehead atoms. The number of hydrogen-bond donors (Lipinski definition) is 4. The van der Waals surface area contributed by atoms with Crippen molar-refractivity contribution in [2.75, 3.05) is 0 Å². The van der Waals surface area contributed by atoms with Crippen LogP contribution in [0.15, 0.2) is 15.3 Å². The normalized spacial score (nSPS) is 10.5. The summed E-state index contributed by atoms with van der Waals surface area (Å²) in [5, 5.41) is 10.7. The summed E-state index contributed by atoms with van der Waals surface area (Å²) in [5.41, 5.74) is 18.1. The first kappa shape index (κ1) is 15.1. The lowest BCUT2D eigenvalue weighted by Crippen LogP contribution is -2.25. The maximum atomic E-state index is 5.12. The Morgan fingerprint density at radius 2 is 1.93 bits per heavy atom. The number of rotatable bonds is 3. The first-order valence-electron chi connectivity index (χ1n) is 3.24. The van der Waals surface area contributed by atoms with Crippen molar-refractivity contribution in [3.05, 3.63) is 0 Å². The minimum atomic E-state index is -0.119. The summed E-state index contributed by atoms with van der Waals surface area (Å²) in [6.45, 7) is 1.68. The van der Waals surface area contributed by atoms with E-state index in [1.807, 2.05) is 0 Å². The average molecular weight is 238 g/mol. The Labute approximate surface area is 92.9 Å². The van der Waals surface area contributed by atoms with Gasteiger partial charge in [0.1, 0.15) is 0 Å². The number of hydrazone groups is 1. The number of thiocarbonyl (C=S) groups is 1. The molecule has 0 atom stereocenters. The van der Waals surface area contributed by atoms with E-state index in [1.165, 1.54) is 6.21 Å². The summed E-state index contributed by atoms with van der Waals surface area (Å²) in [4.78, 5) is 0. The summed E-state index contributed by atoms with van der Waals surface area (Å²) in [6.07, 6.45) is 1.35. The third kappa shape index (κ3) is 10.6. The molecule has 14 heavy (non-hydrogen) atoms.